The van der Waals surface area contributed by atoms with Crippen LogP contribution in [0.3, 0.4) is 0 Å². The first-order chi connectivity index (χ1) is 16.9. The number of rotatable bonds is 5. The van der Waals surface area contributed by atoms with Gasteiger partial charge in [-0.3, -0.25) is 19.1 Å². The van der Waals surface area contributed by atoms with Crippen molar-refractivity contribution < 1.29 is 14.0 Å². The minimum absolute atomic E-state index is 0.0766. The fourth-order valence-corrected chi connectivity index (χ4v) is 5.81. The van der Waals surface area contributed by atoms with E-state index < -0.39 is 5.54 Å². The van der Waals surface area contributed by atoms with Gasteiger partial charge < -0.3 is 5.32 Å². The van der Waals surface area contributed by atoms with E-state index in [1.165, 1.54) is 24.2 Å². The molecule has 0 unspecified atom stereocenters. The van der Waals surface area contributed by atoms with Crippen LogP contribution in [0.4, 0.5) is 15.8 Å². The van der Waals surface area contributed by atoms with Crippen molar-refractivity contribution in [2.75, 3.05) is 16.0 Å². The lowest BCUT2D eigenvalue weighted by Crippen LogP contribution is -2.59. The number of para-hydroxylation sites is 2. The van der Waals surface area contributed by atoms with Crippen molar-refractivity contribution in [3.05, 3.63) is 54.3 Å². The van der Waals surface area contributed by atoms with Crippen molar-refractivity contribution in [2.45, 2.75) is 62.7 Å². The number of hydrogen-bond acceptors (Lipinski definition) is 5. The molecular formula is C26H28FN5O2S. The fraction of sp³-hybridized carbons (Fsp3) is 0.385. The Hall–Kier alpha value is -3.20. The lowest BCUT2D eigenvalue weighted by Gasteiger charge is -2.42. The molecular weight excluding hydrogens is 465 g/mol. The maximum atomic E-state index is 14.7. The van der Waals surface area contributed by atoms with E-state index >= 15 is 0 Å². The van der Waals surface area contributed by atoms with Gasteiger partial charge in [0, 0.05) is 6.04 Å². The van der Waals surface area contributed by atoms with Crippen LogP contribution in [0.25, 0.3) is 11.4 Å². The number of aromatic nitrogens is 3. The van der Waals surface area contributed by atoms with E-state index in [0.717, 1.165) is 25.7 Å². The van der Waals surface area contributed by atoms with Gasteiger partial charge in [0.05, 0.1) is 22.7 Å². The summed E-state index contributed by atoms with van der Waals surface area (Å²) in [6.07, 6.45) is 5.30. The van der Waals surface area contributed by atoms with E-state index in [0.29, 0.717) is 27.9 Å². The van der Waals surface area contributed by atoms with E-state index in [1.807, 2.05) is 22.8 Å². The van der Waals surface area contributed by atoms with Gasteiger partial charge in [-0.05, 0) is 51.0 Å². The zero-order valence-electron chi connectivity index (χ0n) is 19.8. The number of carbonyl (C=O) groups excluding carboxylic acids is 2. The van der Waals surface area contributed by atoms with Crippen LogP contribution in [0, 0.1) is 5.82 Å². The quantitative estimate of drug-likeness (QED) is 0.479. The maximum Gasteiger partial charge on any atom is 0.250 e. The first kappa shape index (κ1) is 23.5. The predicted molar refractivity (Wildman–Crippen MR) is 135 cm³/mol. The van der Waals surface area contributed by atoms with E-state index in [9.17, 15) is 14.0 Å². The van der Waals surface area contributed by atoms with Crippen LogP contribution < -0.4 is 10.2 Å². The molecule has 1 saturated carbocycles. The zero-order valence-corrected chi connectivity index (χ0v) is 20.6. The number of fused-ring (bicyclic) bond motifs is 1. The van der Waals surface area contributed by atoms with Gasteiger partial charge in [-0.15, -0.1) is 10.2 Å². The Bertz CT molecular complexity index is 1270. The average Bonchev–Trinajstić information content (AvgIpc) is 3.28. The van der Waals surface area contributed by atoms with Crippen molar-refractivity contribution >= 4 is 35.0 Å². The number of amides is 2. The highest BCUT2D eigenvalue weighted by Crippen LogP contribution is 2.39. The third-order valence-corrected chi connectivity index (χ3v) is 7.73. The molecule has 35 heavy (non-hydrogen) atoms. The van der Waals surface area contributed by atoms with Crippen LogP contribution in [0.5, 0.6) is 0 Å². The molecule has 0 saturated heterocycles. The molecule has 1 fully saturated rings. The smallest absolute Gasteiger partial charge is 0.250 e. The average molecular weight is 494 g/mol. The second-order valence-corrected chi connectivity index (χ2v) is 10.4. The third kappa shape index (κ3) is 4.33. The number of benzene rings is 2. The highest BCUT2D eigenvalue weighted by molar-refractivity contribution is 7.99. The highest BCUT2D eigenvalue weighted by atomic mass is 32.2. The normalized spacial score (nSPS) is 17.7. The van der Waals surface area contributed by atoms with Crippen molar-refractivity contribution in [1.82, 2.24) is 14.8 Å². The molecule has 182 valence electrons. The fourth-order valence-electron chi connectivity index (χ4n) is 4.96. The zero-order chi connectivity index (χ0) is 24.6. The number of hydrogen-bond donors (Lipinski definition) is 1. The Morgan fingerprint density at radius 2 is 1.80 bits per heavy atom. The van der Waals surface area contributed by atoms with Gasteiger partial charge >= 0.3 is 0 Å². The summed E-state index contributed by atoms with van der Waals surface area (Å²) in [5.41, 5.74) is 0.652. The minimum Gasteiger partial charge on any atom is -0.322 e. The van der Waals surface area contributed by atoms with E-state index in [2.05, 4.69) is 15.5 Å². The lowest BCUT2D eigenvalue weighted by atomic mass is 9.95. The molecule has 0 radical (unpaired) electrons. The Labute approximate surface area is 208 Å². The summed E-state index contributed by atoms with van der Waals surface area (Å²) in [4.78, 5) is 27.8. The topological polar surface area (TPSA) is 80.1 Å². The van der Waals surface area contributed by atoms with Gasteiger partial charge in [-0.2, -0.15) is 0 Å². The molecule has 7 nitrogen and oxygen atoms in total. The third-order valence-electron chi connectivity index (χ3n) is 6.80. The molecule has 1 aliphatic carbocycles. The predicted octanol–water partition coefficient (Wildman–Crippen LogP) is 5.45. The van der Waals surface area contributed by atoms with Crippen molar-refractivity contribution in [1.29, 1.82) is 0 Å². The number of halogens is 1. The van der Waals surface area contributed by atoms with Gasteiger partial charge in [0.2, 0.25) is 11.8 Å². The summed E-state index contributed by atoms with van der Waals surface area (Å²) in [6.45, 7) is 3.48. The number of anilines is 2. The van der Waals surface area contributed by atoms with Gasteiger partial charge in [0.25, 0.3) is 0 Å². The molecule has 0 spiro atoms. The molecule has 1 aliphatic heterocycles. The van der Waals surface area contributed by atoms with Crippen LogP contribution in [-0.4, -0.2) is 37.9 Å². The number of nitrogens with zero attached hydrogens (tertiary/aromatic N) is 4. The lowest BCUT2D eigenvalue weighted by molar-refractivity contribution is -0.125. The first-order valence-corrected chi connectivity index (χ1v) is 12.9. The van der Waals surface area contributed by atoms with E-state index in [1.54, 1.807) is 43.0 Å². The summed E-state index contributed by atoms with van der Waals surface area (Å²) in [5.74, 6) is -0.211. The molecule has 2 amide bonds. The second kappa shape index (κ2) is 9.45. The second-order valence-electron chi connectivity index (χ2n) is 9.50. The molecule has 0 bridgehead atoms. The van der Waals surface area contributed by atoms with Crippen LogP contribution in [0.2, 0.25) is 0 Å². The SMILES string of the molecule is CC1(C)C(=O)Nc2ccccc2N1C(=O)CSc1nnc(-c2ccccc2F)n1C1CCCCC1. The standard InChI is InChI=1S/C26H28FN5O2S/c1-26(2)24(34)28-20-14-8-9-15-21(20)32(26)22(33)16-35-25-30-29-23(18-12-6-7-13-19(18)27)31(25)17-10-4-3-5-11-17/h6-9,12-15,17H,3-5,10-11,16H2,1-2H3,(H,28,34). The van der Waals surface area contributed by atoms with Crippen LogP contribution in [0.15, 0.2) is 53.7 Å². The molecule has 1 N–H and O–H groups in total. The molecule has 2 aliphatic rings. The van der Waals surface area contributed by atoms with Gasteiger partial charge in [-0.25, -0.2) is 4.39 Å². The number of carbonyl (C=O) groups is 2. The van der Waals surface area contributed by atoms with Crippen LogP contribution in [0.1, 0.15) is 52.0 Å². The number of thioether (sulfide) groups is 1. The van der Waals surface area contributed by atoms with Crippen LogP contribution >= 0.6 is 11.8 Å². The van der Waals surface area contributed by atoms with Gasteiger partial charge in [0.15, 0.2) is 11.0 Å². The molecule has 0 atom stereocenters. The Balaban J connectivity index is 1.45. The van der Waals surface area contributed by atoms with E-state index in [-0.39, 0.29) is 29.4 Å². The summed E-state index contributed by atoms with van der Waals surface area (Å²) in [7, 11) is 0. The summed E-state index contributed by atoms with van der Waals surface area (Å²) in [6, 6.07) is 14.0. The monoisotopic (exact) mass is 493 g/mol. The van der Waals surface area contributed by atoms with Crippen molar-refractivity contribution in [2.24, 2.45) is 0 Å². The summed E-state index contributed by atoms with van der Waals surface area (Å²) >= 11 is 1.28. The molecule has 3 aromatic rings. The molecule has 2 heterocycles. The maximum absolute atomic E-state index is 14.7. The summed E-state index contributed by atoms with van der Waals surface area (Å²) in [5, 5.41) is 12.2. The Kier molecular flexibility index (Phi) is 6.35. The van der Waals surface area contributed by atoms with E-state index in [4.69, 9.17) is 0 Å². The van der Waals surface area contributed by atoms with Crippen molar-refractivity contribution in [3.63, 3.8) is 0 Å². The van der Waals surface area contributed by atoms with Gasteiger partial charge in [0.1, 0.15) is 11.4 Å². The highest BCUT2D eigenvalue weighted by Gasteiger charge is 2.43. The summed E-state index contributed by atoms with van der Waals surface area (Å²) < 4.78 is 16.7. The van der Waals surface area contributed by atoms with Crippen molar-refractivity contribution in [3.8, 4) is 11.4 Å². The largest absolute Gasteiger partial charge is 0.322 e. The molecule has 9 heteroatoms. The molecule has 2 aromatic carbocycles. The first-order valence-electron chi connectivity index (χ1n) is 11.9. The molecule has 1 aromatic heterocycles. The Morgan fingerprint density at radius 1 is 1.09 bits per heavy atom. The van der Waals surface area contributed by atoms with Crippen LogP contribution in [-0.2, 0) is 9.59 Å². The van der Waals surface area contributed by atoms with Gasteiger partial charge in [-0.1, -0.05) is 55.3 Å². The Morgan fingerprint density at radius 3 is 2.57 bits per heavy atom. The number of nitrogens with one attached hydrogen (secondary N) is 1. The molecule has 5 rings (SSSR count). The minimum atomic E-state index is -1.04.